The summed E-state index contributed by atoms with van der Waals surface area (Å²) in [6.07, 6.45) is 8.80. The first-order valence-corrected chi connectivity index (χ1v) is 39.4. The van der Waals surface area contributed by atoms with Gasteiger partial charge in [-0.3, -0.25) is 53.2 Å². The molecule has 2 unspecified atom stereocenters. The smallest absolute Gasteiger partial charge is 0.260 e. The number of ether oxygens (including phenoxy) is 14. The van der Waals surface area contributed by atoms with Crippen molar-refractivity contribution >= 4 is 87.9 Å². The van der Waals surface area contributed by atoms with Gasteiger partial charge in [-0.2, -0.15) is 0 Å². The second kappa shape index (κ2) is 44.8. The van der Waals surface area contributed by atoms with Crippen LogP contribution in [0.15, 0.2) is 144 Å². The summed E-state index contributed by atoms with van der Waals surface area (Å²) in [4.78, 5) is 120. The van der Waals surface area contributed by atoms with Gasteiger partial charge in [0.05, 0.1) is 174 Å². The molecule has 11 rings (SSSR count). The summed E-state index contributed by atoms with van der Waals surface area (Å²) < 4.78 is 79.2. The average molecular weight is 1610 g/mol. The predicted molar refractivity (Wildman–Crippen MR) is 432 cm³/mol. The number of fused-ring (bicyclic) bond motifs is 5. The number of nitrogens with one attached hydrogen (secondary N) is 4. The first-order valence-electron chi connectivity index (χ1n) is 39.4. The van der Waals surface area contributed by atoms with Crippen LogP contribution in [0.25, 0.3) is 11.1 Å². The van der Waals surface area contributed by atoms with E-state index < -0.39 is 29.8 Å². The number of benzene rings is 4. The molecule has 6 aliphatic rings. The summed E-state index contributed by atoms with van der Waals surface area (Å²) in [5, 5.41) is 11.1. The number of anilines is 1. The van der Waals surface area contributed by atoms with Crippen molar-refractivity contribution in [1.82, 2.24) is 30.7 Å². The number of hydrogen-bond donors (Lipinski definition) is 4. The third-order valence-electron chi connectivity index (χ3n) is 19.6. The summed E-state index contributed by atoms with van der Waals surface area (Å²) >= 11 is 0. The maximum Gasteiger partial charge on any atom is 0.260 e. The molecule has 0 radical (unpaired) electrons. The molecule has 8 amide bonds. The summed E-state index contributed by atoms with van der Waals surface area (Å²) in [5.41, 5.74) is 6.50. The highest BCUT2D eigenvalue weighted by Gasteiger charge is 2.40. The van der Waals surface area contributed by atoms with Crippen LogP contribution >= 0.6 is 0 Å². The van der Waals surface area contributed by atoms with Crippen molar-refractivity contribution in [2.24, 2.45) is 15.9 Å². The van der Waals surface area contributed by atoms with E-state index in [9.17, 15) is 38.4 Å². The van der Waals surface area contributed by atoms with Crippen molar-refractivity contribution in [2.75, 3.05) is 158 Å². The van der Waals surface area contributed by atoms with Crippen molar-refractivity contribution in [2.45, 2.75) is 89.4 Å². The molecule has 5 atom stereocenters. The Hall–Kier alpha value is -11.2. The molecule has 31 nitrogen and oxygen atoms in total. The van der Waals surface area contributed by atoms with Crippen LogP contribution in [0.1, 0.15) is 103 Å². The number of carbonyl (C=O) groups is 8. The fourth-order valence-electron chi connectivity index (χ4n) is 13.3. The van der Waals surface area contributed by atoms with Gasteiger partial charge in [0, 0.05) is 94.3 Å². The Morgan fingerprint density at radius 1 is 0.496 bits per heavy atom. The predicted octanol–water partition coefficient (Wildman–Crippen LogP) is 8.50. The fourth-order valence-corrected chi connectivity index (χ4v) is 13.3. The van der Waals surface area contributed by atoms with Gasteiger partial charge in [-0.1, -0.05) is 86.6 Å². The topological polar surface area (TPSA) is 348 Å². The lowest BCUT2D eigenvalue weighted by atomic mass is 9.99. The molecule has 5 aromatic rings. The van der Waals surface area contributed by atoms with Gasteiger partial charge >= 0.3 is 0 Å². The normalized spacial score (nSPS) is 16.7. The van der Waals surface area contributed by atoms with Crippen LogP contribution in [0.3, 0.4) is 0 Å². The molecule has 624 valence electrons. The van der Waals surface area contributed by atoms with E-state index in [4.69, 9.17) is 76.3 Å². The van der Waals surface area contributed by atoms with E-state index in [1.807, 2.05) is 97.3 Å². The summed E-state index contributed by atoms with van der Waals surface area (Å²) in [6, 6.07) is 33.8. The van der Waals surface area contributed by atoms with Gasteiger partial charge in [0.25, 0.3) is 11.8 Å². The van der Waals surface area contributed by atoms with E-state index in [0.29, 0.717) is 168 Å². The first-order chi connectivity index (χ1) is 57.0. The molecule has 6 heterocycles. The zero-order chi connectivity index (χ0) is 82.3. The maximum absolute atomic E-state index is 14.2. The van der Waals surface area contributed by atoms with Crippen molar-refractivity contribution in [3.63, 3.8) is 0 Å². The number of carbonyl (C=O) groups excluding carboxylic acids is 8. The minimum atomic E-state index is -0.948. The number of likely N-dealkylation sites (tertiary alicyclic amines) is 1. The van der Waals surface area contributed by atoms with Crippen molar-refractivity contribution < 1.29 is 105 Å². The van der Waals surface area contributed by atoms with E-state index in [2.05, 4.69) is 21.3 Å². The number of imide groups is 1. The number of nitrogens with zero attached hydrogens (tertiary/aromatic N) is 5. The highest BCUT2D eigenvalue weighted by molar-refractivity contribution is 6.08. The van der Waals surface area contributed by atoms with Gasteiger partial charge < -0.3 is 97.4 Å². The fraction of sp³-hybridized carbons (Fsp3) is 0.442. The number of amides is 8. The molecule has 1 saturated heterocycles. The molecule has 1 fully saturated rings. The first kappa shape index (κ1) is 86.7. The van der Waals surface area contributed by atoms with Crippen LogP contribution in [-0.4, -0.2) is 252 Å². The van der Waals surface area contributed by atoms with Gasteiger partial charge in [0.2, 0.25) is 42.2 Å². The Morgan fingerprint density at radius 2 is 0.983 bits per heavy atom. The van der Waals surface area contributed by atoms with E-state index >= 15 is 0 Å². The minimum Gasteiger partial charge on any atom is -0.493 e. The number of rotatable bonds is 47. The van der Waals surface area contributed by atoms with Crippen LogP contribution in [0.2, 0.25) is 0 Å². The third kappa shape index (κ3) is 24.9. The number of aliphatic imine (C=N–C) groups is 2. The van der Waals surface area contributed by atoms with Crippen LogP contribution in [0.5, 0.6) is 34.5 Å². The molecule has 0 aliphatic carbocycles. The second-order valence-electron chi connectivity index (χ2n) is 28.1. The SMILES string of the molecule is COc1cc2c(cc1OCCCOc1cc3c(cc1OC)C(=O)N1C=C(c4ccc5c(c4)OCO5)C[C@H]1C=N3)N=C[C@@H]1CC(c3ccc(NC(=O)[C@H](C)NC(=O)C(NC(=O)CCOCCOCCOCCOCCOCCOCCOCCOCCNC(=O)CCN4C(=O)CC(c5ccccccccc5)C4=O)C(C)C)cc3)=CN1C2=O. The Kier molecular flexibility index (Phi) is 33.2. The molecule has 31 heteroatoms. The summed E-state index contributed by atoms with van der Waals surface area (Å²) in [6.45, 7) is 11.6. The van der Waals surface area contributed by atoms with Gasteiger partial charge in [-0.05, 0) is 77.1 Å². The van der Waals surface area contributed by atoms with E-state index in [0.717, 1.165) is 27.8 Å². The summed E-state index contributed by atoms with van der Waals surface area (Å²) in [7, 11) is 3.02. The molecular formula is C86H103N9O22. The zero-order valence-corrected chi connectivity index (χ0v) is 66.6. The molecule has 4 N–H and O–H groups in total. The molecule has 6 aliphatic heterocycles. The number of methoxy groups -OCH3 is 2. The van der Waals surface area contributed by atoms with E-state index in [1.165, 1.54) is 19.1 Å². The molecule has 5 aromatic carbocycles. The van der Waals surface area contributed by atoms with Crippen molar-refractivity contribution in [1.29, 1.82) is 0 Å². The molecular weight excluding hydrogens is 1510 g/mol. The lowest BCUT2D eigenvalue weighted by Crippen LogP contribution is -2.53. The van der Waals surface area contributed by atoms with Crippen LogP contribution < -0.4 is 49.7 Å². The van der Waals surface area contributed by atoms with Crippen molar-refractivity contribution in [3.8, 4) is 34.5 Å². The lowest BCUT2D eigenvalue weighted by Gasteiger charge is -2.24. The Balaban J connectivity index is 0.480. The van der Waals surface area contributed by atoms with Crippen LogP contribution in [0, 0.1) is 5.92 Å². The molecule has 0 bridgehead atoms. The highest BCUT2D eigenvalue weighted by Crippen LogP contribution is 2.44. The Morgan fingerprint density at radius 3 is 1.50 bits per heavy atom. The van der Waals surface area contributed by atoms with Gasteiger partial charge in [0.15, 0.2) is 34.5 Å². The largest absolute Gasteiger partial charge is 0.493 e. The molecule has 0 saturated carbocycles. The Labute approximate surface area is 679 Å². The van der Waals surface area contributed by atoms with Gasteiger partial charge in [-0.25, -0.2) is 0 Å². The lowest BCUT2D eigenvalue weighted by molar-refractivity contribution is -0.139. The van der Waals surface area contributed by atoms with Gasteiger partial charge in [0.1, 0.15) is 12.1 Å². The molecule has 117 heavy (non-hydrogen) atoms. The van der Waals surface area contributed by atoms with Crippen LogP contribution in [-0.2, 0) is 66.7 Å². The monoisotopic (exact) mass is 1610 g/mol. The zero-order valence-electron chi connectivity index (χ0n) is 66.6. The molecule has 0 spiro atoms. The maximum atomic E-state index is 14.2. The quantitative estimate of drug-likeness (QED) is 0.0209. The standard InChI is InChI=1S/C86H103N9O22/c1-57(2)81(92-79(97)23-28-106-30-32-108-34-36-110-38-40-112-42-43-113-41-39-111-37-35-109-33-31-107-29-24-87-78(96)22-25-93-80(98)49-67(84(93)101)60-14-11-9-7-6-8-10-12-15-60)83(100)90-58(3)82(99)91-64-19-16-59(17-20-64)62-44-65-52-88-70-50-76(73(104-4)47-68(70)85(102)94(65)54-62)114-26-13-27-115-77-51-71-69(48-74(77)105-5)86(103)95-55-63(45-66(95)53-89-71)61-18-21-72-75(46-61)117-56-116-72/h6-12,14-21,46-48,50-55,57-58,65-67,81H,13,22-45,49,56H2,1-5H3,(H,87,96)(H,90,100)(H,91,99)(H,92,97)/t58-,65-,66-,67?,81?/m0/s1. The second-order valence-corrected chi connectivity index (χ2v) is 28.1. The molecule has 0 aromatic heterocycles. The average Bonchev–Trinajstić information content (AvgIpc) is 1.63. The Bertz CT molecular complexity index is 4430. The van der Waals surface area contributed by atoms with Gasteiger partial charge in [-0.15, -0.1) is 0 Å². The summed E-state index contributed by atoms with van der Waals surface area (Å²) in [5.74, 6) is -0.632. The van der Waals surface area contributed by atoms with E-state index in [-0.39, 0.29) is 126 Å². The minimum absolute atomic E-state index is 0.00686. The highest BCUT2D eigenvalue weighted by atomic mass is 16.7. The number of hydrogen-bond acceptors (Lipinski definition) is 24. The van der Waals surface area contributed by atoms with E-state index in [1.54, 1.807) is 79.4 Å². The van der Waals surface area contributed by atoms with Crippen LogP contribution in [0.4, 0.5) is 17.1 Å². The van der Waals surface area contributed by atoms with Crippen molar-refractivity contribution in [3.05, 3.63) is 162 Å². The third-order valence-corrected chi connectivity index (χ3v) is 19.6.